The third-order valence-corrected chi connectivity index (χ3v) is 20.5. The average Bonchev–Trinajstić information content (AvgIpc) is 2.59. The van der Waals surface area contributed by atoms with Crippen molar-refractivity contribution in [2.24, 2.45) is 21.6 Å². The van der Waals surface area contributed by atoms with Crippen molar-refractivity contribution < 1.29 is 48.1 Å². The van der Waals surface area contributed by atoms with Crippen molar-refractivity contribution in [2.45, 2.75) is 89.0 Å². The number of methoxy groups -OCH3 is 1. The van der Waals surface area contributed by atoms with Crippen molar-refractivity contribution in [2.75, 3.05) is 39.6 Å². The van der Waals surface area contributed by atoms with E-state index in [4.69, 9.17) is 50.1 Å². The van der Waals surface area contributed by atoms with Crippen molar-refractivity contribution in [3.8, 4) is 32.7 Å². The molecular weight excluding hydrogens is 1240 g/mol. The Labute approximate surface area is 521 Å². The lowest BCUT2D eigenvalue weighted by Crippen LogP contribution is -2.47. The first-order valence-electron chi connectivity index (χ1n) is 27.4. The van der Waals surface area contributed by atoms with Crippen LogP contribution in [0.25, 0.3) is 32.7 Å². The lowest BCUT2D eigenvalue weighted by atomic mass is 10.0. The molecule has 6 aromatic heterocycles. The number of nitrogens with one attached hydrogen (secondary N) is 5. The minimum Gasteiger partial charge on any atom is -0.473 e. The number of thioether (sulfide) groups is 1. The molecule has 0 saturated carbocycles. The van der Waals surface area contributed by atoms with Gasteiger partial charge in [-0.1, -0.05) is 44.2 Å². The molecule has 452 valence electrons. The number of nitrogens with zero attached hydrogens (tertiary/aromatic N) is 9. The molecule has 1 saturated heterocycles. The third-order valence-electron chi connectivity index (χ3n) is 14.5. The minimum atomic E-state index is -1.25. The maximum absolute atomic E-state index is 14.4. The number of carbonyl (C=O) groups excluding carboxylic acids is 7. The van der Waals surface area contributed by atoms with Crippen LogP contribution in [0.2, 0.25) is 0 Å². The predicted molar refractivity (Wildman–Crippen MR) is 330 cm³/mol. The van der Waals surface area contributed by atoms with E-state index in [1.54, 1.807) is 54.1 Å². The van der Waals surface area contributed by atoms with Gasteiger partial charge in [-0.2, -0.15) is 0 Å². The number of thiazole rings is 5. The molecule has 4 aliphatic rings. The van der Waals surface area contributed by atoms with Crippen LogP contribution in [-0.2, 0) is 35.3 Å². The Balaban J connectivity index is 0.963. The molecule has 4 aliphatic heterocycles. The Morgan fingerprint density at radius 3 is 2.33 bits per heavy atom. The Hall–Kier alpha value is -7.78. The molecule has 87 heavy (non-hydrogen) atoms. The molecule has 10 heterocycles. The van der Waals surface area contributed by atoms with Crippen molar-refractivity contribution in [3.63, 3.8) is 0 Å². The van der Waals surface area contributed by atoms with Gasteiger partial charge < -0.3 is 51.8 Å². The number of aliphatic hydroxyl groups excluding tert-OH is 1. The van der Waals surface area contributed by atoms with Crippen molar-refractivity contribution in [1.29, 1.82) is 0 Å². The largest absolute Gasteiger partial charge is 0.473 e. The van der Waals surface area contributed by atoms with Gasteiger partial charge in [0.15, 0.2) is 6.04 Å². The van der Waals surface area contributed by atoms with E-state index < -0.39 is 84.3 Å². The summed E-state index contributed by atoms with van der Waals surface area (Å²) in [4.78, 5) is 137. The van der Waals surface area contributed by atoms with Gasteiger partial charge >= 0.3 is 0 Å². The first kappa shape index (κ1) is 60.9. The number of rotatable bonds is 11. The lowest BCUT2D eigenvalue weighted by molar-refractivity contribution is -0.138. The summed E-state index contributed by atoms with van der Waals surface area (Å²) in [6.07, 6.45) is -0.330. The van der Waals surface area contributed by atoms with E-state index in [2.05, 4.69) is 31.6 Å². The second kappa shape index (κ2) is 26.3. The normalized spacial score (nSPS) is 21.3. The zero-order valence-corrected chi connectivity index (χ0v) is 52.1. The molecule has 1 fully saturated rings. The Kier molecular flexibility index (Phi) is 18.4. The van der Waals surface area contributed by atoms with E-state index >= 15 is 0 Å². The number of aromatic nitrogens is 6. The molecule has 10 bridgehead atoms. The highest BCUT2D eigenvalue weighted by Crippen LogP contribution is 2.41. The summed E-state index contributed by atoms with van der Waals surface area (Å²) in [5.74, 6) is -3.44. The minimum absolute atomic E-state index is 0.00362. The molecule has 31 heteroatoms. The number of carbonyl (C=O) groups is 7. The summed E-state index contributed by atoms with van der Waals surface area (Å²) in [6, 6.07) is 7.55. The fourth-order valence-corrected chi connectivity index (χ4v) is 15.9. The number of nitrogens with two attached hydrogens (primary N) is 1. The Morgan fingerprint density at radius 2 is 1.56 bits per heavy atom. The zero-order valence-electron chi connectivity index (χ0n) is 47.2. The maximum atomic E-state index is 14.4. The van der Waals surface area contributed by atoms with E-state index in [-0.39, 0.29) is 54.4 Å². The Bertz CT molecular complexity index is 3880. The van der Waals surface area contributed by atoms with Gasteiger partial charge in [-0.3, -0.25) is 38.6 Å². The van der Waals surface area contributed by atoms with Crippen LogP contribution >= 0.6 is 68.4 Å². The molecule has 7 unspecified atom stereocenters. The van der Waals surface area contributed by atoms with Crippen molar-refractivity contribution >= 4 is 121 Å². The molecule has 8 N–H and O–H groups in total. The van der Waals surface area contributed by atoms with Crippen LogP contribution in [0.5, 0.6) is 0 Å². The summed E-state index contributed by atoms with van der Waals surface area (Å²) in [7, 11) is 2.95. The average molecular weight is 1290 g/mol. The number of hydrogen-bond donors (Lipinski definition) is 7. The SMILES string of the molecule is CNC(=O)CC1NC(=O)c2csc(n2)-c2ccc(-c3nc(C4=NC(C(=O)N5CCCC5C(N)=O)CO4)cs3)nc2-c2csc(n2)C2CSC(=N2)C(C(O)c2ccccc2)NC(=O)CNC(=O)c2nc(sc2COC)C(C(C)C)NC(=O)c2nc1sc2C. The van der Waals surface area contributed by atoms with Gasteiger partial charge in [-0.15, -0.1) is 68.4 Å². The number of aliphatic hydroxyl groups is 1. The number of fused-ring (bicyclic) bond motifs is 13. The molecule has 7 atom stereocenters. The van der Waals surface area contributed by atoms with Crippen molar-refractivity contribution in [3.05, 3.63) is 112 Å². The topological polar surface area (TPSA) is 350 Å². The van der Waals surface area contributed by atoms with Crippen LogP contribution in [0, 0.1) is 12.8 Å². The fourth-order valence-electron chi connectivity index (χ4n) is 10.1. The van der Waals surface area contributed by atoms with E-state index in [9.17, 15) is 38.7 Å². The Morgan fingerprint density at radius 1 is 0.805 bits per heavy atom. The molecular formula is C56H57N15O10S6. The quantitative estimate of drug-likeness (QED) is 0.0861. The molecule has 25 nitrogen and oxygen atoms in total. The van der Waals surface area contributed by atoms with Crippen LogP contribution in [0.15, 0.2) is 68.6 Å². The van der Waals surface area contributed by atoms with Gasteiger partial charge in [0.05, 0.1) is 47.3 Å². The van der Waals surface area contributed by atoms with Gasteiger partial charge in [0.2, 0.25) is 23.6 Å². The van der Waals surface area contributed by atoms with Crippen LogP contribution in [0.1, 0.15) is 125 Å². The summed E-state index contributed by atoms with van der Waals surface area (Å²) >= 11 is 7.46. The summed E-state index contributed by atoms with van der Waals surface area (Å²) in [6.45, 7) is 5.35. The smallest absolute Gasteiger partial charge is 0.271 e. The number of aliphatic imine (C=N–C) groups is 2. The fraction of sp³-hybridized carbons (Fsp3) is 0.375. The van der Waals surface area contributed by atoms with E-state index in [0.29, 0.717) is 98.9 Å². The van der Waals surface area contributed by atoms with Gasteiger partial charge in [-0.05, 0) is 43.4 Å². The maximum Gasteiger partial charge on any atom is 0.271 e. The van der Waals surface area contributed by atoms with Crippen molar-refractivity contribution in [1.82, 2.24) is 61.4 Å². The van der Waals surface area contributed by atoms with Crippen LogP contribution in [0.4, 0.5) is 0 Å². The lowest BCUT2D eigenvalue weighted by Gasteiger charge is -2.24. The number of benzene rings is 1. The highest BCUT2D eigenvalue weighted by atomic mass is 32.2. The number of amides is 7. The third kappa shape index (κ3) is 13.1. The number of ether oxygens (including phenoxy) is 2. The van der Waals surface area contributed by atoms with E-state index in [0.717, 1.165) is 11.3 Å². The van der Waals surface area contributed by atoms with E-state index in [1.807, 2.05) is 25.3 Å². The molecule has 0 aliphatic carbocycles. The second-order valence-electron chi connectivity index (χ2n) is 20.8. The molecule has 11 rings (SSSR count). The number of aryl methyl sites for hydroxylation is 1. The van der Waals surface area contributed by atoms with Gasteiger partial charge in [-0.25, -0.2) is 34.9 Å². The van der Waals surface area contributed by atoms with Crippen LogP contribution in [-0.4, -0.2) is 150 Å². The number of pyridine rings is 1. The summed E-state index contributed by atoms with van der Waals surface area (Å²) in [5, 5.41) is 33.9. The zero-order chi connectivity index (χ0) is 61.2. The van der Waals surface area contributed by atoms with Crippen LogP contribution in [0.3, 0.4) is 0 Å². The molecule has 7 amide bonds. The van der Waals surface area contributed by atoms with E-state index in [1.165, 1.54) is 76.2 Å². The predicted octanol–water partition coefficient (Wildman–Crippen LogP) is 5.32. The number of hydrogen-bond acceptors (Lipinski definition) is 24. The van der Waals surface area contributed by atoms with Crippen LogP contribution < -0.4 is 32.3 Å². The number of likely N-dealkylation sites (tertiary alicyclic amines) is 1. The highest BCUT2D eigenvalue weighted by Gasteiger charge is 2.40. The molecule has 0 spiro atoms. The second-order valence-corrected chi connectivity index (χ2v) is 26.8. The highest BCUT2D eigenvalue weighted by molar-refractivity contribution is 8.14. The summed E-state index contributed by atoms with van der Waals surface area (Å²) in [5.41, 5.74) is 8.38. The molecule has 1 aromatic carbocycles. The standard InChI is InChI=1S/C56H57N15O10S6/c1-24(2)39-55-70-42(36(87-55)19-80-5)47(77)59-17-38(73)67-43(44(74)26-10-7-6-8-11-26)54-66-34(23-85-54)52-63-31(20-83-52)41-27(50-64-32(21-82-50)46(76)61-29(16-37(72)58-4)53-69-40(25(3)86-53)48(78)68-39)13-14-28(60-41)51-65-33(22-84-51)49-62-30(18-81-49)56(79)71-15-9-12-35(71)45(57)75/h6-8,10-11,13-14,20-22,24,29-30,34-35,39,43-44,74H,9,12,15-19,23H2,1-5H3,(H2,57,75)(H,58,72)(H,59,77)(H,61,76)(H,67,73)(H,68,78). The first-order valence-corrected chi connectivity index (χ1v) is 32.7. The molecule has 7 aromatic rings. The van der Waals surface area contributed by atoms with Gasteiger partial charge in [0, 0.05) is 53.0 Å². The number of primary amides is 1. The molecule has 0 radical (unpaired) electrons. The summed E-state index contributed by atoms with van der Waals surface area (Å²) < 4.78 is 11.4. The monoisotopic (exact) mass is 1290 g/mol. The van der Waals surface area contributed by atoms with Gasteiger partial charge in [0.25, 0.3) is 23.6 Å². The first-order chi connectivity index (χ1) is 41.9. The van der Waals surface area contributed by atoms with Gasteiger partial charge in [0.1, 0.15) is 90.0 Å².